The fraction of sp³-hybridized carbons (Fsp3) is 0.346. The molecule has 29 heavy (non-hydrogen) atoms. The first kappa shape index (κ1) is 17.1. The molecule has 6 rings (SSSR count). The van der Waals surface area contributed by atoms with Crippen LogP contribution < -0.4 is 0 Å². The molecule has 3 unspecified atom stereocenters. The number of aliphatic imine (C=N–C) groups is 1. The van der Waals surface area contributed by atoms with E-state index in [0.29, 0.717) is 5.92 Å². The molecular weight excluding hydrogens is 358 g/mol. The third-order valence-corrected chi connectivity index (χ3v) is 7.09. The summed E-state index contributed by atoms with van der Waals surface area (Å²) in [6, 6.07) is 14.7. The van der Waals surface area contributed by atoms with Gasteiger partial charge >= 0.3 is 0 Å². The van der Waals surface area contributed by atoms with E-state index in [1.807, 2.05) is 12.1 Å². The number of para-hydroxylation sites is 2. The summed E-state index contributed by atoms with van der Waals surface area (Å²) in [6.07, 6.45) is 9.81. The Balaban J connectivity index is 1.42. The summed E-state index contributed by atoms with van der Waals surface area (Å²) in [6.45, 7) is 4.71. The zero-order chi connectivity index (χ0) is 19.6. The summed E-state index contributed by atoms with van der Waals surface area (Å²) in [5.74, 6) is 1.41. The monoisotopic (exact) mass is 383 g/mol. The van der Waals surface area contributed by atoms with Crippen molar-refractivity contribution in [3.63, 3.8) is 0 Å². The quantitative estimate of drug-likeness (QED) is 0.466. The van der Waals surface area contributed by atoms with Crippen LogP contribution in [0.5, 0.6) is 0 Å². The van der Waals surface area contributed by atoms with Gasteiger partial charge in [-0.1, -0.05) is 56.3 Å². The molecule has 2 aromatic carbocycles. The fourth-order valence-corrected chi connectivity index (χ4v) is 5.49. The number of benzene rings is 2. The number of rotatable bonds is 1. The zero-order valence-electron chi connectivity index (χ0n) is 16.9. The second-order valence-electron chi connectivity index (χ2n) is 9.06. The van der Waals surface area contributed by atoms with Gasteiger partial charge in [0.1, 0.15) is 23.0 Å². The van der Waals surface area contributed by atoms with E-state index in [4.69, 9.17) is 14.1 Å². The number of nitrogens with zero attached hydrogens (tertiary/aromatic N) is 1. The van der Waals surface area contributed by atoms with E-state index < -0.39 is 0 Å². The van der Waals surface area contributed by atoms with Crippen molar-refractivity contribution in [1.29, 1.82) is 0 Å². The molecule has 0 bridgehead atoms. The average Bonchev–Trinajstić information content (AvgIpc) is 3.12. The first-order valence-electron chi connectivity index (χ1n) is 10.6. The van der Waals surface area contributed by atoms with Crippen LogP contribution in [0.15, 0.2) is 75.4 Å². The van der Waals surface area contributed by atoms with Crippen molar-refractivity contribution in [2.75, 3.05) is 0 Å². The number of fused-ring (bicyclic) bond motifs is 4. The van der Waals surface area contributed by atoms with E-state index in [0.717, 1.165) is 41.8 Å². The molecule has 1 aromatic heterocycles. The van der Waals surface area contributed by atoms with Crippen LogP contribution in [0.3, 0.4) is 0 Å². The number of ether oxygens (including phenoxy) is 1. The first-order chi connectivity index (χ1) is 14.1. The molecule has 1 aliphatic carbocycles. The summed E-state index contributed by atoms with van der Waals surface area (Å²) in [7, 11) is 0. The molecule has 0 saturated carbocycles. The molecular formula is C26H25NO2. The van der Waals surface area contributed by atoms with Gasteiger partial charge in [-0.2, -0.15) is 0 Å². The van der Waals surface area contributed by atoms with Crippen LogP contribution in [-0.2, 0) is 4.74 Å². The Kier molecular flexibility index (Phi) is 3.59. The van der Waals surface area contributed by atoms with Crippen LogP contribution in [0.4, 0.5) is 0 Å². The Bertz CT molecular complexity index is 1210. The van der Waals surface area contributed by atoms with Crippen molar-refractivity contribution in [2.45, 2.75) is 45.3 Å². The minimum atomic E-state index is 0.0611. The minimum Gasteiger partial charge on any atom is -0.490 e. The Labute approximate surface area is 170 Å². The van der Waals surface area contributed by atoms with E-state index in [9.17, 15) is 0 Å². The largest absolute Gasteiger partial charge is 0.490 e. The maximum atomic E-state index is 6.52. The summed E-state index contributed by atoms with van der Waals surface area (Å²) < 4.78 is 12.8. The van der Waals surface area contributed by atoms with Gasteiger partial charge in [-0.05, 0) is 30.6 Å². The van der Waals surface area contributed by atoms with E-state index in [-0.39, 0.29) is 17.6 Å². The highest BCUT2D eigenvalue weighted by Crippen LogP contribution is 2.51. The third-order valence-electron chi connectivity index (χ3n) is 7.09. The van der Waals surface area contributed by atoms with Crippen molar-refractivity contribution < 1.29 is 9.15 Å². The van der Waals surface area contributed by atoms with E-state index in [1.165, 1.54) is 16.3 Å². The molecule has 2 aliphatic heterocycles. The van der Waals surface area contributed by atoms with Gasteiger partial charge in [0.25, 0.3) is 0 Å². The van der Waals surface area contributed by atoms with Gasteiger partial charge < -0.3 is 9.15 Å². The highest BCUT2D eigenvalue weighted by molar-refractivity contribution is 6.05. The number of furan rings is 1. The van der Waals surface area contributed by atoms with Gasteiger partial charge in [-0.15, -0.1) is 0 Å². The third kappa shape index (κ3) is 2.46. The van der Waals surface area contributed by atoms with Crippen LogP contribution in [0, 0.1) is 11.3 Å². The van der Waals surface area contributed by atoms with E-state index in [2.05, 4.69) is 62.5 Å². The van der Waals surface area contributed by atoms with Crippen LogP contribution in [0.25, 0.3) is 21.9 Å². The van der Waals surface area contributed by atoms with Gasteiger partial charge in [0.2, 0.25) is 0 Å². The second kappa shape index (κ2) is 6.09. The number of allylic oxidation sites excluding steroid dienone is 3. The second-order valence-corrected chi connectivity index (χ2v) is 9.06. The molecule has 146 valence electrons. The Hall–Kier alpha value is -2.81. The highest BCUT2D eigenvalue weighted by atomic mass is 16.5. The summed E-state index contributed by atoms with van der Waals surface area (Å²) >= 11 is 0. The van der Waals surface area contributed by atoms with Crippen molar-refractivity contribution in [3.05, 3.63) is 71.5 Å². The maximum absolute atomic E-state index is 6.52. The SMILES string of the molecule is CC1(C)C2=C(C=CCC2)OC2CC(c3cccc4c3oc3ccccc34)N=CC21. The fourth-order valence-electron chi connectivity index (χ4n) is 5.49. The predicted octanol–water partition coefficient (Wildman–Crippen LogP) is 6.75. The molecule has 0 N–H and O–H groups in total. The highest BCUT2D eigenvalue weighted by Gasteiger charge is 2.46. The molecule has 3 atom stereocenters. The average molecular weight is 383 g/mol. The molecule has 0 amide bonds. The molecule has 3 aliphatic rings. The summed E-state index contributed by atoms with van der Waals surface area (Å²) in [4.78, 5) is 5.03. The lowest BCUT2D eigenvalue weighted by Crippen LogP contribution is -2.45. The molecule has 0 saturated heterocycles. The molecule has 3 aromatic rings. The molecule has 3 nitrogen and oxygen atoms in total. The van der Waals surface area contributed by atoms with Crippen LogP contribution in [0.2, 0.25) is 0 Å². The molecule has 0 spiro atoms. The van der Waals surface area contributed by atoms with Crippen LogP contribution >= 0.6 is 0 Å². The number of hydrogen-bond acceptors (Lipinski definition) is 3. The maximum Gasteiger partial charge on any atom is 0.140 e. The lowest BCUT2D eigenvalue weighted by Gasteiger charge is -2.47. The number of hydrogen-bond donors (Lipinski definition) is 0. The molecule has 0 radical (unpaired) electrons. The summed E-state index contributed by atoms with van der Waals surface area (Å²) in [5.41, 5.74) is 4.59. The molecule has 3 heterocycles. The smallest absolute Gasteiger partial charge is 0.140 e. The van der Waals surface area contributed by atoms with Gasteiger partial charge in [0.15, 0.2) is 0 Å². The lowest BCUT2D eigenvalue weighted by molar-refractivity contribution is 0.0115. The van der Waals surface area contributed by atoms with Gasteiger partial charge in [0, 0.05) is 40.3 Å². The van der Waals surface area contributed by atoms with E-state index in [1.54, 1.807) is 0 Å². The van der Waals surface area contributed by atoms with Gasteiger partial charge in [-0.3, -0.25) is 4.99 Å². The first-order valence-corrected chi connectivity index (χ1v) is 10.6. The van der Waals surface area contributed by atoms with Crippen molar-refractivity contribution >= 4 is 28.2 Å². The van der Waals surface area contributed by atoms with Crippen LogP contribution in [-0.4, -0.2) is 12.3 Å². The van der Waals surface area contributed by atoms with Crippen molar-refractivity contribution in [1.82, 2.24) is 0 Å². The van der Waals surface area contributed by atoms with Gasteiger partial charge in [-0.25, -0.2) is 0 Å². The van der Waals surface area contributed by atoms with E-state index >= 15 is 0 Å². The normalized spacial score (nSPS) is 27.7. The zero-order valence-corrected chi connectivity index (χ0v) is 16.9. The lowest BCUT2D eigenvalue weighted by atomic mass is 9.65. The van der Waals surface area contributed by atoms with Crippen molar-refractivity contribution in [2.24, 2.45) is 16.3 Å². The predicted molar refractivity (Wildman–Crippen MR) is 117 cm³/mol. The Morgan fingerprint density at radius 3 is 2.83 bits per heavy atom. The minimum absolute atomic E-state index is 0.0611. The van der Waals surface area contributed by atoms with Crippen LogP contribution in [0.1, 0.15) is 44.7 Å². The Morgan fingerprint density at radius 1 is 1.03 bits per heavy atom. The van der Waals surface area contributed by atoms with Gasteiger partial charge in [0.05, 0.1) is 6.04 Å². The standard InChI is InChI=1S/C26H25NO2/c1-26(2)19-11-4-6-13-23(19)28-24-14-21(27-15-20(24)26)18-10-7-9-17-16-8-3-5-12-22(16)29-25(17)18/h3,5-10,12-13,15,20-21,24H,4,11,14H2,1-2H3. The van der Waals surface area contributed by atoms with Crippen molar-refractivity contribution in [3.8, 4) is 0 Å². The molecule has 0 fully saturated rings. The summed E-state index contributed by atoms with van der Waals surface area (Å²) in [5, 5.41) is 2.33. The topological polar surface area (TPSA) is 34.7 Å². The molecule has 3 heteroatoms. The Morgan fingerprint density at radius 2 is 1.90 bits per heavy atom.